The molecule has 0 fully saturated rings. The van der Waals surface area contributed by atoms with Gasteiger partial charge in [0.15, 0.2) is 0 Å². The molecule has 0 saturated carbocycles. The quantitative estimate of drug-likeness (QED) is 0.680. The molecule has 5 nitrogen and oxygen atoms in total. The Morgan fingerprint density at radius 2 is 1.68 bits per heavy atom. The largest absolute Gasteiger partial charge is 0.465 e. The minimum Gasteiger partial charge on any atom is -0.465 e. The molecule has 2 aromatic rings. The normalized spacial score (nSPS) is 10.0. The van der Waals surface area contributed by atoms with E-state index < -0.39 is 5.97 Å². The van der Waals surface area contributed by atoms with Gasteiger partial charge in [-0.05, 0) is 43.3 Å². The molecular formula is C17H18N2O3. The van der Waals surface area contributed by atoms with Crippen LogP contribution >= 0.6 is 0 Å². The molecule has 2 N–H and O–H groups in total. The van der Waals surface area contributed by atoms with Gasteiger partial charge in [-0.3, -0.25) is 14.5 Å². The number of rotatable bonds is 5. The average molecular weight is 298 g/mol. The molecule has 2 rings (SSSR count). The first kappa shape index (κ1) is 15.6. The topological polar surface area (TPSA) is 72.6 Å². The molecule has 0 aliphatic heterocycles. The van der Waals surface area contributed by atoms with Crippen LogP contribution in [0.1, 0.15) is 17.3 Å². The molecule has 2 aromatic carbocycles. The first-order valence-electron chi connectivity index (χ1n) is 7.00. The highest BCUT2D eigenvalue weighted by Crippen LogP contribution is 2.17. The number of esters is 1. The van der Waals surface area contributed by atoms with Crippen LogP contribution in [0.4, 0.5) is 11.4 Å². The van der Waals surface area contributed by atoms with Gasteiger partial charge in [0.05, 0.1) is 6.61 Å². The summed E-state index contributed by atoms with van der Waals surface area (Å²) in [5, 5.41) is 0. The summed E-state index contributed by atoms with van der Waals surface area (Å²) in [5.41, 5.74) is 7.31. The molecule has 0 atom stereocenters. The van der Waals surface area contributed by atoms with Gasteiger partial charge in [0, 0.05) is 16.9 Å². The number of para-hydroxylation sites is 1. The third-order valence-electron chi connectivity index (χ3n) is 3.06. The van der Waals surface area contributed by atoms with Crippen molar-refractivity contribution in [2.75, 3.05) is 23.8 Å². The molecule has 0 bridgehead atoms. The number of anilines is 2. The van der Waals surface area contributed by atoms with Crippen LogP contribution in [-0.4, -0.2) is 25.0 Å². The summed E-state index contributed by atoms with van der Waals surface area (Å²) in [6.45, 7) is 1.87. The number of hydrogen-bond acceptors (Lipinski definition) is 4. The van der Waals surface area contributed by atoms with Crippen LogP contribution in [0.2, 0.25) is 0 Å². The van der Waals surface area contributed by atoms with Crippen LogP contribution in [0.5, 0.6) is 0 Å². The number of nitrogen functional groups attached to an aromatic ring is 1. The lowest BCUT2D eigenvalue weighted by atomic mass is 10.1. The number of carbonyl (C=O) groups is 2. The van der Waals surface area contributed by atoms with E-state index in [-0.39, 0.29) is 19.1 Å². The molecule has 0 aliphatic carbocycles. The van der Waals surface area contributed by atoms with E-state index in [4.69, 9.17) is 10.5 Å². The zero-order valence-electron chi connectivity index (χ0n) is 12.4. The summed E-state index contributed by atoms with van der Waals surface area (Å²) < 4.78 is 4.95. The van der Waals surface area contributed by atoms with Crippen molar-refractivity contribution in [2.45, 2.75) is 6.92 Å². The first-order chi connectivity index (χ1) is 10.6. The Labute approximate surface area is 129 Å². The predicted octanol–water partition coefficient (Wildman–Crippen LogP) is 2.48. The van der Waals surface area contributed by atoms with Crippen LogP contribution in [0.25, 0.3) is 0 Å². The third-order valence-corrected chi connectivity index (χ3v) is 3.06. The Morgan fingerprint density at radius 3 is 2.27 bits per heavy atom. The number of benzene rings is 2. The summed E-state index contributed by atoms with van der Waals surface area (Å²) >= 11 is 0. The fraction of sp³-hybridized carbons (Fsp3) is 0.176. The van der Waals surface area contributed by atoms with Crippen molar-refractivity contribution in [3.63, 3.8) is 0 Å². The van der Waals surface area contributed by atoms with Crippen molar-refractivity contribution >= 4 is 23.3 Å². The van der Waals surface area contributed by atoms with Crippen LogP contribution in [-0.2, 0) is 9.53 Å². The summed E-state index contributed by atoms with van der Waals surface area (Å²) in [4.78, 5) is 25.8. The Kier molecular flexibility index (Phi) is 5.14. The molecule has 0 heterocycles. The second-order valence-corrected chi connectivity index (χ2v) is 4.65. The van der Waals surface area contributed by atoms with Crippen LogP contribution in [0.3, 0.4) is 0 Å². The van der Waals surface area contributed by atoms with Gasteiger partial charge in [0.25, 0.3) is 5.91 Å². The Balaban J connectivity index is 2.29. The van der Waals surface area contributed by atoms with E-state index in [0.717, 1.165) is 0 Å². The van der Waals surface area contributed by atoms with E-state index in [9.17, 15) is 9.59 Å². The molecule has 1 amide bonds. The number of hydrogen-bond donors (Lipinski definition) is 1. The van der Waals surface area contributed by atoms with E-state index in [1.807, 2.05) is 18.2 Å². The lowest BCUT2D eigenvalue weighted by Crippen LogP contribution is -2.36. The second kappa shape index (κ2) is 7.26. The van der Waals surface area contributed by atoms with Crippen LogP contribution < -0.4 is 10.6 Å². The molecule has 114 valence electrons. The van der Waals surface area contributed by atoms with Gasteiger partial charge in [0.1, 0.15) is 6.54 Å². The maximum Gasteiger partial charge on any atom is 0.326 e. The van der Waals surface area contributed by atoms with Crippen molar-refractivity contribution in [1.29, 1.82) is 0 Å². The molecule has 0 spiro atoms. The highest BCUT2D eigenvalue weighted by atomic mass is 16.5. The maximum atomic E-state index is 12.7. The number of carbonyl (C=O) groups excluding carboxylic acids is 2. The van der Waals surface area contributed by atoms with Gasteiger partial charge in [-0.15, -0.1) is 0 Å². The standard InChI is InChI=1S/C17H18N2O3/c1-2-22-16(20)12-19(15-6-4-3-5-7-15)17(21)13-8-10-14(18)11-9-13/h3-11H,2,12,18H2,1H3. The molecule has 0 saturated heterocycles. The summed E-state index contributed by atoms with van der Waals surface area (Å²) in [6.07, 6.45) is 0. The van der Waals surface area contributed by atoms with E-state index >= 15 is 0 Å². The minimum absolute atomic E-state index is 0.138. The zero-order valence-corrected chi connectivity index (χ0v) is 12.4. The van der Waals surface area contributed by atoms with Gasteiger partial charge in [-0.25, -0.2) is 0 Å². The van der Waals surface area contributed by atoms with Crippen LogP contribution in [0, 0.1) is 0 Å². The Bertz CT molecular complexity index is 639. The molecule has 0 aromatic heterocycles. The molecule has 5 heteroatoms. The summed E-state index contributed by atoms with van der Waals surface area (Å²) in [7, 11) is 0. The zero-order chi connectivity index (χ0) is 15.9. The second-order valence-electron chi connectivity index (χ2n) is 4.65. The van der Waals surface area contributed by atoms with Gasteiger partial charge in [-0.1, -0.05) is 18.2 Å². The molecule has 0 radical (unpaired) electrons. The monoisotopic (exact) mass is 298 g/mol. The van der Waals surface area contributed by atoms with Crippen molar-refractivity contribution in [3.8, 4) is 0 Å². The van der Waals surface area contributed by atoms with Crippen molar-refractivity contribution in [2.24, 2.45) is 0 Å². The number of ether oxygens (including phenoxy) is 1. The smallest absolute Gasteiger partial charge is 0.326 e. The van der Waals surface area contributed by atoms with E-state index in [2.05, 4.69) is 0 Å². The molecule has 0 unspecified atom stereocenters. The molecular weight excluding hydrogens is 280 g/mol. The van der Waals surface area contributed by atoms with Gasteiger partial charge >= 0.3 is 5.97 Å². The SMILES string of the molecule is CCOC(=O)CN(C(=O)c1ccc(N)cc1)c1ccccc1. The number of nitrogens with zero attached hydrogens (tertiary/aromatic N) is 1. The maximum absolute atomic E-state index is 12.7. The minimum atomic E-state index is -0.449. The fourth-order valence-electron chi connectivity index (χ4n) is 2.01. The highest BCUT2D eigenvalue weighted by molar-refractivity contribution is 6.08. The fourth-order valence-corrected chi connectivity index (χ4v) is 2.01. The van der Waals surface area contributed by atoms with Crippen molar-refractivity contribution in [3.05, 3.63) is 60.2 Å². The summed E-state index contributed by atoms with van der Waals surface area (Å²) in [6, 6.07) is 15.6. The Hall–Kier alpha value is -2.82. The number of nitrogens with two attached hydrogens (primary N) is 1. The lowest BCUT2D eigenvalue weighted by molar-refractivity contribution is -0.141. The van der Waals surface area contributed by atoms with Crippen LogP contribution in [0.15, 0.2) is 54.6 Å². The van der Waals surface area contributed by atoms with Crippen molar-refractivity contribution < 1.29 is 14.3 Å². The summed E-state index contributed by atoms with van der Waals surface area (Å²) in [5.74, 6) is -0.727. The third kappa shape index (κ3) is 3.85. The Morgan fingerprint density at radius 1 is 1.05 bits per heavy atom. The van der Waals surface area contributed by atoms with Gasteiger partial charge in [0.2, 0.25) is 0 Å². The first-order valence-corrected chi connectivity index (χ1v) is 7.00. The van der Waals surface area contributed by atoms with Gasteiger partial charge < -0.3 is 10.5 Å². The predicted molar refractivity (Wildman–Crippen MR) is 85.6 cm³/mol. The van der Waals surface area contributed by atoms with Gasteiger partial charge in [-0.2, -0.15) is 0 Å². The van der Waals surface area contributed by atoms with Crippen molar-refractivity contribution in [1.82, 2.24) is 0 Å². The lowest BCUT2D eigenvalue weighted by Gasteiger charge is -2.22. The highest BCUT2D eigenvalue weighted by Gasteiger charge is 2.21. The van der Waals surface area contributed by atoms with E-state index in [1.165, 1.54) is 4.90 Å². The van der Waals surface area contributed by atoms with E-state index in [1.54, 1.807) is 43.3 Å². The number of amides is 1. The molecule has 0 aliphatic rings. The average Bonchev–Trinajstić information content (AvgIpc) is 2.54. The molecule has 22 heavy (non-hydrogen) atoms. The van der Waals surface area contributed by atoms with E-state index in [0.29, 0.717) is 16.9 Å².